The van der Waals surface area contributed by atoms with Gasteiger partial charge in [0.25, 0.3) is 5.91 Å². The van der Waals surface area contributed by atoms with E-state index in [-0.39, 0.29) is 5.91 Å². The third-order valence-corrected chi connectivity index (χ3v) is 2.93. The van der Waals surface area contributed by atoms with E-state index in [1.807, 2.05) is 12.1 Å². The van der Waals surface area contributed by atoms with Crippen molar-refractivity contribution in [3.05, 3.63) is 29.3 Å². The minimum atomic E-state index is -0.00565. The Morgan fingerprint density at radius 3 is 2.81 bits per heavy atom. The lowest BCUT2D eigenvalue weighted by Crippen LogP contribution is -2.25. The minimum Gasteiger partial charge on any atom is -0.399 e. The molecule has 1 aromatic rings. The normalized spacial score (nSPS) is 14.8. The Balaban J connectivity index is 2.05. The number of carbonyl (C=O) groups is 1. The predicted octanol–water partition coefficient (Wildman–Crippen LogP) is 1.97. The number of carbonyl (C=O) groups excluding carboxylic acids is 1. The van der Waals surface area contributed by atoms with E-state index < -0.39 is 0 Å². The van der Waals surface area contributed by atoms with Crippen molar-refractivity contribution < 1.29 is 4.79 Å². The average molecular weight is 218 g/mol. The van der Waals surface area contributed by atoms with Crippen molar-refractivity contribution >= 4 is 11.6 Å². The molecule has 1 aromatic carbocycles. The molecular weight excluding hydrogens is 200 g/mol. The maximum Gasteiger partial charge on any atom is 0.251 e. The van der Waals surface area contributed by atoms with Gasteiger partial charge in [-0.2, -0.15) is 0 Å². The summed E-state index contributed by atoms with van der Waals surface area (Å²) in [6, 6.07) is 5.57. The van der Waals surface area contributed by atoms with Crippen molar-refractivity contribution in [3.8, 4) is 0 Å². The van der Waals surface area contributed by atoms with Gasteiger partial charge < -0.3 is 11.1 Å². The average Bonchev–Trinajstić information content (AvgIpc) is 3.08. The van der Waals surface area contributed by atoms with E-state index in [0.29, 0.717) is 17.2 Å². The summed E-state index contributed by atoms with van der Waals surface area (Å²) in [5, 5.41) is 2.94. The second-order valence-electron chi connectivity index (χ2n) is 4.47. The highest BCUT2D eigenvalue weighted by molar-refractivity contribution is 5.95. The van der Waals surface area contributed by atoms with Gasteiger partial charge in [-0.15, -0.1) is 0 Å². The molecule has 0 aromatic heterocycles. The van der Waals surface area contributed by atoms with Crippen molar-refractivity contribution in [2.24, 2.45) is 5.92 Å². The number of benzene rings is 1. The molecule has 16 heavy (non-hydrogen) atoms. The van der Waals surface area contributed by atoms with Gasteiger partial charge in [0, 0.05) is 17.8 Å². The van der Waals surface area contributed by atoms with E-state index in [1.165, 1.54) is 12.8 Å². The zero-order chi connectivity index (χ0) is 11.5. The van der Waals surface area contributed by atoms with Crippen LogP contribution in [0.2, 0.25) is 0 Å². The molecule has 1 saturated carbocycles. The molecule has 2 rings (SSSR count). The second-order valence-corrected chi connectivity index (χ2v) is 4.47. The maximum absolute atomic E-state index is 11.8. The summed E-state index contributed by atoms with van der Waals surface area (Å²) < 4.78 is 0. The molecule has 0 unspecified atom stereocenters. The van der Waals surface area contributed by atoms with Crippen LogP contribution >= 0.6 is 0 Å². The summed E-state index contributed by atoms with van der Waals surface area (Å²) in [4.78, 5) is 11.8. The van der Waals surface area contributed by atoms with Crippen LogP contribution in [0.15, 0.2) is 18.2 Å². The lowest BCUT2D eigenvalue weighted by molar-refractivity contribution is 0.0952. The Morgan fingerprint density at radius 1 is 1.44 bits per heavy atom. The van der Waals surface area contributed by atoms with Gasteiger partial charge in [-0.3, -0.25) is 4.79 Å². The molecule has 3 nitrogen and oxygen atoms in total. The van der Waals surface area contributed by atoms with Crippen LogP contribution in [0.5, 0.6) is 0 Å². The first kappa shape index (κ1) is 11.0. The van der Waals surface area contributed by atoms with E-state index in [1.54, 1.807) is 6.07 Å². The van der Waals surface area contributed by atoms with Crippen LogP contribution in [-0.2, 0) is 6.42 Å². The molecule has 1 fully saturated rings. The zero-order valence-electron chi connectivity index (χ0n) is 9.62. The quantitative estimate of drug-likeness (QED) is 0.759. The second kappa shape index (κ2) is 4.56. The summed E-state index contributed by atoms with van der Waals surface area (Å²) in [6.45, 7) is 2.86. The fraction of sp³-hybridized carbons (Fsp3) is 0.462. The topological polar surface area (TPSA) is 55.1 Å². The SMILES string of the molecule is CCc1cc(N)cc(C(=O)NCC2CC2)c1. The Kier molecular flexibility index (Phi) is 3.13. The summed E-state index contributed by atoms with van der Waals surface area (Å²) in [7, 11) is 0. The third kappa shape index (κ3) is 2.75. The fourth-order valence-corrected chi connectivity index (χ4v) is 1.71. The lowest BCUT2D eigenvalue weighted by atomic mass is 10.1. The monoisotopic (exact) mass is 218 g/mol. The molecule has 1 aliphatic carbocycles. The number of aryl methyl sites for hydroxylation is 1. The van der Waals surface area contributed by atoms with E-state index >= 15 is 0 Å². The van der Waals surface area contributed by atoms with Crippen molar-refractivity contribution in [1.82, 2.24) is 5.32 Å². The minimum absolute atomic E-state index is 0.00565. The fourth-order valence-electron chi connectivity index (χ4n) is 1.71. The highest BCUT2D eigenvalue weighted by Crippen LogP contribution is 2.27. The summed E-state index contributed by atoms with van der Waals surface area (Å²) in [6.07, 6.45) is 3.39. The number of hydrogen-bond acceptors (Lipinski definition) is 2. The van der Waals surface area contributed by atoms with Crippen LogP contribution < -0.4 is 11.1 Å². The molecule has 0 heterocycles. The summed E-state index contributed by atoms with van der Waals surface area (Å²) >= 11 is 0. The Labute approximate surface area is 96.0 Å². The van der Waals surface area contributed by atoms with Gasteiger partial charge in [-0.1, -0.05) is 6.92 Å². The van der Waals surface area contributed by atoms with Crippen molar-refractivity contribution in [2.45, 2.75) is 26.2 Å². The molecule has 0 radical (unpaired) electrons. The number of hydrogen-bond donors (Lipinski definition) is 2. The van der Waals surface area contributed by atoms with Crippen LogP contribution in [-0.4, -0.2) is 12.5 Å². The lowest BCUT2D eigenvalue weighted by Gasteiger charge is -2.07. The first-order valence-electron chi connectivity index (χ1n) is 5.86. The van der Waals surface area contributed by atoms with E-state index in [2.05, 4.69) is 12.2 Å². The molecule has 1 amide bonds. The van der Waals surface area contributed by atoms with Crippen molar-refractivity contribution in [2.75, 3.05) is 12.3 Å². The van der Waals surface area contributed by atoms with Gasteiger partial charge in [-0.25, -0.2) is 0 Å². The van der Waals surface area contributed by atoms with Crippen LogP contribution in [0.25, 0.3) is 0 Å². The van der Waals surface area contributed by atoms with E-state index in [4.69, 9.17) is 5.73 Å². The van der Waals surface area contributed by atoms with Gasteiger partial charge in [0.2, 0.25) is 0 Å². The highest BCUT2D eigenvalue weighted by Gasteiger charge is 2.21. The smallest absolute Gasteiger partial charge is 0.251 e. The van der Waals surface area contributed by atoms with E-state index in [9.17, 15) is 4.79 Å². The van der Waals surface area contributed by atoms with Gasteiger partial charge in [-0.05, 0) is 48.9 Å². The Bertz CT molecular complexity index is 397. The zero-order valence-corrected chi connectivity index (χ0v) is 9.62. The van der Waals surface area contributed by atoms with Crippen LogP contribution in [0.4, 0.5) is 5.69 Å². The van der Waals surface area contributed by atoms with E-state index in [0.717, 1.165) is 18.5 Å². The van der Waals surface area contributed by atoms with Gasteiger partial charge >= 0.3 is 0 Å². The number of nitrogen functional groups attached to an aromatic ring is 1. The Morgan fingerprint density at radius 2 is 2.19 bits per heavy atom. The molecule has 3 N–H and O–H groups in total. The summed E-state index contributed by atoms with van der Waals surface area (Å²) in [5.74, 6) is 0.699. The molecule has 0 aliphatic heterocycles. The Hall–Kier alpha value is -1.51. The first-order valence-corrected chi connectivity index (χ1v) is 5.86. The van der Waals surface area contributed by atoms with Crippen LogP contribution in [0, 0.1) is 5.92 Å². The van der Waals surface area contributed by atoms with Crippen molar-refractivity contribution in [1.29, 1.82) is 0 Å². The number of nitrogens with one attached hydrogen (secondary N) is 1. The standard InChI is InChI=1S/C13H18N2O/c1-2-9-5-11(7-12(14)6-9)13(16)15-8-10-3-4-10/h5-7,10H,2-4,8,14H2,1H3,(H,15,16). The predicted molar refractivity (Wildman–Crippen MR) is 65.3 cm³/mol. The number of rotatable bonds is 4. The number of amides is 1. The van der Waals surface area contributed by atoms with Gasteiger partial charge in [0.05, 0.1) is 0 Å². The third-order valence-electron chi connectivity index (χ3n) is 2.93. The van der Waals surface area contributed by atoms with Gasteiger partial charge in [0.1, 0.15) is 0 Å². The number of nitrogens with two attached hydrogens (primary N) is 1. The first-order chi connectivity index (χ1) is 7.69. The maximum atomic E-state index is 11.8. The molecular formula is C13H18N2O. The van der Waals surface area contributed by atoms with Crippen LogP contribution in [0.1, 0.15) is 35.7 Å². The van der Waals surface area contributed by atoms with Crippen LogP contribution in [0.3, 0.4) is 0 Å². The largest absolute Gasteiger partial charge is 0.399 e. The molecule has 3 heteroatoms. The molecule has 0 spiro atoms. The molecule has 86 valence electrons. The van der Waals surface area contributed by atoms with Crippen molar-refractivity contribution in [3.63, 3.8) is 0 Å². The van der Waals surface area contributed by atoms with Gasteiger partial charge in [0.15, 0.2) is 0 Å². The highest BCUT2D eigenvalue weighted by atomic mass is 16.1. The molecule has 0 bridgehead atoms. The number of anilines is 1. The summed E-state index contributed by atoms with van der Waals surface area (Å²) in [5.41, 5.74) is 8.21. The molecule has 0 saturated heterocycles. The molecule has 1 aliphatic rings. The molecule has 0 atom stereocenters.